The summed E-state index contributed by atoms with van der Waals surface area (Å²) in [5, 5.41) is 19.6. The average Bonchev–Trinajstić information content (AvgIpc) is 3.77. The quantitative estimate of drug-likeness (QED) is 0.164. The van der Waals surface area contributed by atoms with Gasteiger partial charge in [-0.3, -0.25) is 39.0 Å². The summed E-state index contributed by atoms with van der Waals surface area (Å²) in [5.74, 6) is -0.0957. The van der Waals surface area contributed by atoms with Gasteiger partial charge in [-0.2, -0.15) is 4.98 Å². The summed E-state index contributed by atoms with van der Waals surface area (Å²) in [6, 6.07) is 12.7. The third-order valence-electron chi connectivity index (χ3n) is 11.8. The molecule has 6 heterocycles. The third kappa shape index (κ3) is 8.15. The SMILES string of the molecule is CC(=O)N[C@@H]1CCCN(c2nnc(NC=O)c(Nc3ccc(C4CCN(CC5CCN(c6ccc7c(c6)C(=O)N(C6CCC(=O)NC6=O)C7=O)C5)CC4)cc3)n2)C1. The summed E-state index contributed by atoms with van der Waals surface area (Å²) in [5.41, 5.74) is 3.58. The van der Waals surface area contributed by atoms with Crippen LogP contribution >= 0.6 is 0 Å². The van der Waals surface area contributed by atoms with Gasteiger partial charge in [0.15, 0.2) is 11.6 Å². The van der Waals surface area contributed by atoms with Gasteiger partial charge in [0.25, 0.3) is 11.8 Å². The Balaban J connectivity index is 0.830. The van der Waals surface area contributed by atoms with Crippen LogP contribution in [0.3, 0.4) is 0 Å². The second-order valence-corrected chi connectivity index (χ2v) is 15.7. The van der Waals surface area contributed by atoms with Crippen LogP contribution in [0.15, 0.2) is 42.5 Å². The van der Waals surface area contributed by atoms with Gasteiger partial charge >= 0.3 is 0 Å². The Hall–Kier alpha value is -5.97. The lowest BCUT2D eigenvalue weighted by atomic mass is 9.89. The van der Waals surface area contributed by atoms with Gasteiger partial charge in [-0.15, -0.1) is 10.2 Å². The number of rotatable bonds is 11. The molecule has 1 aromatic heterocycles. The molecule has 0 saturated carbocycles. The van der Waals surface area contributed by atoms with E-state index in [9.17, 15) is 28.8 Å². The first-order valence-electron chi connectivity index (χ1n) is 19.8. The fourth-order valence-electron chi connectivity index (χ4n) is 8.92. The smallest absolute Gasteiger partial charge is 0.262 e. The van der Waals surface area contributed by atoms with Gasteiger partial charge < -0.3 is 30.7 Å². The molecule has 4 N–H and O–H groups in total. The number of aromatic nitrogens is 3. The zero-order chi connectivity index (χ0) is 39.6. The van der Waals surface area contributed by atoms with Crippen molar-refractivity contribution in [2.24, 2.45) is 5.92 Å². The summed E-state index contributed by atoms with van der Waals surface area (Å²) in [6.07, 6.45) is 5.67. The lowest BCUT2D eigenvalue weighted by Crippen LogP contribution is -2.54. The van der Waals surface area contributed by atoms with Crippen molar-refractivity contribution in [3.05, 3.63) is 59.2 Å². The molecule has 5 aliphatic heterocycles. The summed E-state index contributed by atoms with van der Waals surface area (Å²) in [6.45, 7) is 7.54. The van der Waals surface area contributed by atoms with Crippen LogP contribution in [0.5, 0.6) is 0 Å². The monoisotopic (exact) mass is 777 g/mol. The maximum atomic E-state index is 13.4. The minimum absolute atomic E-state index is 0.00528. The second kappa shape index (κ2) is 16.3. The van der Waals surface area contributed by atoms with Gasteiger partial charge in [-0.25, -0.2) is 0 Å². The minimum atomic E-state index is -0.975. The molecule has 4 saturated heterocycles. The van der Waals surface area contributed by atoms with Gasteiger partial charge in [0.2, 0.25) is 30.1 Å². The largest absolute Gasteiger partial charge is 0.371 e. The first-order chi connectivity index (χ1) is 27.6. The van der Waals surface area contributed by atoms with Crippen molar-refractivity contribution in [3.8, 4) is 0 Å². The van der Waals surface area contributed by atoms with Crippen molar-refractivity contribution < 1.29 is 28.8 Å². The van der Waals surface area contributed by atoms with Crippen LogP contribution in [0.2, 0.25) is 0 Å². The van der Waals surface area contributed by atoms with E-state index < -0.39 is 29.7 Å². The van der Waals surface area contributed by atoms with E-state index in [4.69, 9.17) is 4.98 Å². The lowest BCUT2D eigenvalue weighted by Gasteiger charge is -2.34. The first kappa shape index (κ1) is 37.9. The fraction of sp³-hybridized carbons (Fsp3) is 0.475. The van der Waals surface area contributed by atoms with Crippen molar-refractivity contribution in [2.75, 3.05) is 66.2 Å². The Labute approximate surface area is 329 Å². The van der Waals surface area contributed by atoms with Crippen LogP contribution < -0.4 is 31.1 Å². The predicted molar refractivity (Wildman–Crippen MR) is 210 cm³/mol. The molecular weight excluding hydrogens is 731 g/mol. The molecule has 0 bridgehead atoms. The van der Waals surface area contributed by atoms with Gasteiger partial charge in [0, 0.05) is 63.5 Å². The number of anilines is 5. The molecule has 4 fully saturated rings. The fourth-order valence-corrected chi connectivity index (χ4v) is 8.92. The Morgan fingerprint density at radius 2 is 1.65 bits per heavy atom. The molecule has 5 aliphatic rings. The van der Waals surface area contributed by atoms with Gasteiger partial charge in [-0.05, 0) is 99.3 Å². The number of carbonyl (C=O) groups is 6. The van der Waals surface area contributed by atoms with E-state index in [1.165, 1.54) is 12.5 Å². The van der Waals surface area contributed by atoms with Crippen molar-refractivity contribution >= 4 is 64.9 Å². The van der Waals surface area contributed by atoms with E-state index in [0.717, 1.165) is 87.6 Å². The molecule has 17 nitrogen and oxygen atoms in total. The average molecular weight is 778 g/mol. The predicted octanol–water partition coefficient (Wildman–Crippen LogP) is 2.40. The Morgan fingerprint density at radius 3 is 2.40 bits per heavy atom. The third-order valence-corrected chi connectivity index (χ3v) is 11.8. The van der Waals surface area contributed by atoms with Crippen molar-refractivity contribution in [1.82, 2.24) is 35.6 Å². The van der Waals surface area contributed by atoms with Gasteiger partial charge in [-0.1, -0.05) is 12.1 Å². The highest BCUT2D eigenvalue weighted by atomic mass is 16.2. The highest BCUT2D eigenvalue weighted by molar-refractivity contribution is 6.23. The normalized spacial score (nSPS) is 23.0. The highest BCUT2D eigenvalue weighted by Gasteiger charge is 2.45. The highest BCUT2D eigenvalue weighted by Crippen LogP contribution is 2.35. The number of imide groups is 2. The van der Waals surface area contributed by atoms with Crippen LogP contribution in [0, 0.1) is 5.92 Å². The maximum absolute atomic E-state index is 13.4. The summed E-state index contributed by atoms with van der Waals surface area (Å²) >= 11 is 0. The number of fused-ring (bicyclic) bond motifs is 1. The van der Waals surface area contributed by atoms with Gasteiger partial charge in [0.1, 0.15) is 6.04 Å². The molecule has 0 aliphatic carbocycles. The van der Waals surface area contributed by atoms with E-state index in [-0.39, 0.29) is 30.6 Å². The molecule has 0 spiro atoms. The minimum Gasteiger partial charge on any atom is -0.371 e. The zero-order valence-electron chi connectivity index (χ0n) is 31.9. The van der Waals surface area contributed by atoms with Crippen LogP contribution in [0.4, 0.5) is 29.0 Å². The van der Waals surface area contributed by atoms with E-state index in [2.05, 4.69) is 53.4 Å². The van der Waals surface area contributed by atoms with E-state index in [0.29, 0.717) is 47.7 Å². The summed E-state index contributed by atoms with van der Waals surface area (Å²) in [4.78, 5) is 86.0. The van der Waals surface area contributed by atoms with Crippen molar-refractivity contribution in [3.63, 3.8) is 0 Å². The number of nitrogens with one attached hydrogen (secondary N) is 4. The second-order valence-electron chi connectivity index (χ2n) is 15.7. The molecule has 0 radical (unpaired) electrons. The topological polar surface area (TPSA) is 202 Å². The molecular formula is C40H47N11O6. The van der Waals surface area contributed by atoms with Crippen LogP contribution in [0.25, 0.3) is 0 Å². The molecule has 2 aromatic carbocycles. The molecule has 298 valence electrons. The van der Waals surface area contributed by atoms with Crippen LogP contribution in [-0.2, 0) is 19.2 Å². The molecule has 57 heavy (non-hydrogen) atoms. The molecule has 17 heteroatoms. The lowest BCUT2D eigenvalue weighted by molar-refractivity contribution is -0.136. The molecule has 6 amide bonds. The summed E-state index contributed by atoms with van der Waals surface area (Å²) < 4.78 is 0. The molecule has 3 aromatic rings. The van der Waals surface area contributed by atoms with Crippen LogP contribution in [0.1, 0.15) is 84.1 Å². The Morgan fingerprint density at radius 1 is 0.860 bits per heavy atom. The number of nitrogens with zero attached hydrogens (tertiary/aromatic N) is 7. The van der Waals surface area contributed by atoms with E-state index >= 15 is 0 Å². The van der Waals surface area contributed by atoms with Crippen LogP contribution in [-0.4, -0.2) is 119 Å². The molecule has 8 rings (SSSR count). The number of hydrogen-bond donors (Lipinski definition) is 4. The van der Waals surface area contributed by atoms with Crippen molar-refractivity contribution in [1.29, 1.82) is 0 Å². The van der Waals surface area contributed by atoms with E-state index in [1.807, 2.05) is 23.1 Å². The van der Waals surface area contributed by atoms with Gasteiger partial charge in [0.05, 0.1) is 11.1 Å². The standard InChI is InChI=1S/C40H47N11O6/c1-24(53)42-29-3-2-15-50(22-29)40-45-36(35(41-23-52)46-47-40)43-28-6-4-26(5-7-28)27-13-16-48(17-14-27)20-25-12-18-49(21-25)30-8-9-31-32(19-30)39(57)51(38(31)56)33-10-11-34(54)44-37(33)55/h4-9,19,23,25,27,29,33H,2-3,10-18,20-22H2,1H3,(H,42,53)(H,41,46,52)(H,43,45,47)(H,44,54,55)/t25?,29-,33?/m1/s1. The number of amides is 6. The molecule has 2 unspecified atom stereocenters. The maximum Gasteiger partial charge on any atom is 0.262 e. The number of likely N-dealkylation sites (tertiary alicyclic amines) is 1. The van der Waals surface area contributed by atoms with Crippen molar-refractivity contribution in [2.45, 2.75) is 69.9 Å². The Kier molecular flexibility index (Phi) is 10.8. The number of benzene rings is 2. The summed E-state index contributed by atoms with van der Waals surface area (Å²) in [7, 11) is 0. The number of piperidine rings is 3. The zero-order valence-corrected chi connectivity index (χ0v) is 31.9. The molecule has 3 atom stereocenters. The number of carbonyl (C=O) groups excluding carboxylic acids is 6. The first-order valence-corrected chi connectivity index (χ1v) is 19.8. The number of hydrogen-bond acceptors (Lipinski definition) is 13. The Bertz CT molecular complexity index is 2070. The van der Waals surface area contributed by atoms with E-state index in [1.54, 1.807) is 12.1 Å².